The SMILES string of the molecule is CO[C@H]1C(=O)N(c2ccc(C)cc2)C1(/C=C/c1ccccc1)/C=C/c1ccccc1. The number of anilines is 1. The summed E-state index contributed by atoms with van der Waals surface area (Å²) in [6.07, 6.45) is 7.65. The van der Waals surface area contributed by atoms with Crippen LogP contribution in [-0.2, 0) is 9.53 Å². The third kappa shape index (κ3) is 3.72. The first-order chi connectivity index (χ1) is 14.6. The molecule has 0 N–H and O–H groups in total. The second kappa shape index (κ2) is 8.52. The molecule has 1 amide bonds. The molecule has 0 aromatic heterocycles. The van der Waals surface area contributed by atoms with Crippen LogP contribution in [0.4, 0.5) is 5.69 Å². The summed E-state index contributed by atoms with van der Waals surface area (Å²) < 4.78 is 5.67. The first-order valence-corrected chi connectivity index (χ1v) is 10.1. The molecule has 1 fully saturated rings. The van der Waals surface area contributed by atoms with E-state index in [0.717, 1.165) is 22.4 Å². The zero-order valence-electron chi connectivity index (χ0n) is 17.2. The van der Waals surface area contributed by atoms with Crippen LogP contribution in [0.2, 0.25) is 0 Å². The van der Waals surface area contributed by atoms with Crippen LogP contribution in [0.25, 0.3) is 12.2 Å². The van der Waals surface area contributed by atoms with E-state index in [2.05, 4.69) is 24.3 Å². The third-order valence-electron chi connectivity index (χ3n) is 5.46. The average molecular weight is 396 g/mol. The number of carbonyl (C=O) groups is 1. The maximum Gasteiger partial charge on any atom is 0.260 e. The Hall–Kier alpha value is -3.43. The molecule has 0 spiro atoms. The molecule has 1 heterocycles. The van der Waals surface area contributed by atoms with Gasteiger partial charge in [-0.05, 0) is 30.2 Å². The first-order valence-electron chi connectivity index (χ1n) is 10.1. The first kappa shape index (κ1) is 19.9. The van der Waals surface area contributed by atoms with Crippen LogP contribution in [-0.4, -0.2) is 24.7 Å². The number of amides is 1. The predicted octanol–water partition coefficient (Wildman–Crippen LogP) is 5.52. The smallest absolute Gasteiger partial charge is 0.260 e. The van der Waals surface area contributed by atoms with Crippen LogP contribution < -0.4 is 4.90 Å². The molecule has 30 heavy (non-hydrogen) atoms. The van der Waals surface area contributed by atoms with Gasteiger partial charge < -0.3 is 4.74 Å². The number of carbonyl (C=O) groups excluding carboxylic acids is 1. The van der Waals surface area contributed by atoms with Crippen molar-refractivity contribution in [3.63, 3.8) is 0 Å². The highest BCUT2D eigenvalue weighted by atomic mass is 16.5. The van der Waals surface area contributed by atoms with Crippen molar-refractivity contribution in [3.05, 3.63) is 114 Å². The van der Waals surface area contributed by atoms with Gasteiger partial charge in [0.2, 0.25) is 0 Å². The van der Waals surface area contributed by atoms with Gasteiger partial charge in [-0.25, -0.2) is 0 Å². The lowest BCUT2D eigenvalue weighted by Gasteiger charge is -2.53. The number of β-lactam (4-membered cyclic amide) rings is 1. The number of rotatable bonds is 6. The van der Waals surface area contributed by atoms with Gasteiger partial charge in [-0.1, -0.05) is 103 Å². The van der Waals surface area contributed by atoms with Crippen LogP contribution in [0.1, 0.15) is 16.7 Å². The fourth-order valence-electron chi connectivity index (χ4n) is 3.86. The minimum absolute atomic E-state index is 0.0447. The quantitative estimate of drug-likeness (QED) is 0.514. The van der Waals surface area contributed by atoms with E-state index < -0.39 is 11.6 Å². The number of hydrogen-bond donors (Lipinski definition) is 0. The van der Waals surface area contributed by atoms with Gasteiger partial charge >= 0.3 is 0 Å². The van der Waals surface area contributed by atoms with Crippen molar-refractivity contribution in [2.24, 2.45) is 0 Å². The van der Waals surface area contributed by atoms with Crippen molar-refractivity contribution >= 4 is 23.7 Å². The van der Waals surface area contributed by atoms with Crippen molar-refractivity contribution in [2.75, 3.05) is 12.0 Å². The van der Waals surface area contributed by atoms with E-state index in [1.165, 1.54) is 0 Å². The summed E-state index contributed by atoms with van der Waals surface area (Å²) in [5.41, 5.74) is 3.44. The van der Waals surface area contributed by atoms with Gasteiger partial charge in [0.05, 0.1) is 0 Å². The molecule has 0 saturated carbocycles. The maximum atomic E-state index is 13.0. The fraction of sp³-hybridized carbons (Fsp3) is 0.148. The average Bonchev–Trinajstić information content (AvgIpc) is 2.78. The number of methoxy groups -OCH3 is 1. The van der Waals surface area contributed by atoms with Gasteiger partial charge in [-0.2, -0.15) is 0 Å². The summed E-state index contributed by atoms with van der Waals surface area (Å²) in [5, 5.41) is 0. The lowest BCUT2D eigenvalue weighted by atomic mass is 9.78. The highest BCUT2D eigenvalue weighted by Crippen LogP contribution is 2.42. The standard InChI is InChI=1S/C27H25NO2/c1-21-13-15-24(16-14-21)28-26(29)25(30-2)27(28,19-17-22-9-5-3-6-10-22)20-18-23-11-7-4-8-12-23/h3-20,25H,1-2H3/b19-17+,20-18+/t25-/m0/s1. The van der Waals surface area contributed by atoms with Crippen molar-refractivity contribution in [1.82, 2.24) is 0 Å². The van der Waals surface area contributed by atoms with E-state index in [0.29, 0.717) is 0 Å². The Bertz CT molecular complexity index is 1000. The van der Waals surface area contributed by atoms with Crippen LogP contribution in [0, 0.1) is 6.92 Å². The summed E-state index contributed by atoms with van der Waals surface area (Å²) in [5.74, 6) is -0.0447. The number of benzene rings is 3. The molecular formula is C27H25NO2. The lowest BCUT2D eigenvalue weighted by molar-refractivity contribution is -0.141. The third-order valence-corrected chi connectivity index (χ3v) is 5.46. The zero-order chi connectivity index (χ0) is 21.0. The maximum absolute atomic E-state index is 13.0. The summed E-state index contributed by atoms with van der Waals surface area (Å²) in [7, 11) is 1.59. The fourth-order valence-corrected chi connectivity index (χ4v) is 3.86. The molecule has 1 atom stereocenters. The Kier molecular flexibility index (Phi) is 5.64. The molecule has 4 rings (SSSR count). The van der Waals surface area contributed by atoms with Crippen molar-refractivity contribution < 1.29 is 9.53 Å². The molecule has 1 saturated heterocycles. The van der Waals surface area contributed by atoms with Crippen molar-refractivity contribution in [3.8, 4) is 0 Å². The van der Waals surface area contributed by atoms with Crippen molar-refractivity contribution in [2.45, 2.75) is 18.6 Å². The van der Waals surface area contributed by atoms with Crippen LogP contribution >= 0.6 is 0 Å². The highest BCUT2D eigenvalue weighted by molar-refractivity contribution is 6.09. The van der Waals surface area contributed by atoms with E-state index in [1.807, 2.05) is 96.8 Å². The lowest BCUT2D eigenvalue weighted by Crippen LogP contribution is -2.73. The number of ether oxygens (including phenoxy) is 1. The minimum Gasteiger partial charge on any atom is -0.368 e. The van der Waals surface area contributed by atoms with Crippen molar-refractivity contribution in [1.29, 1.82) is 0 Å². The highest BCUT2D eigenvalue weighted by Gasteiger charge is 2.58. The second-order valence-corrected chi connectivity index (χ2v) is 7.50. The number of hydrogen-bond acceptors (Lipinski definition) is 2. The molecule has 3 nitrogen and oxygen atoms in total. The minimum atomic E-state index is -0.716. The normalized spacial score (nSPS) is 18.1. The Morgan fingerprint density at radius 2 is 1.30 bits per heavy atom. The van der Waals surface area contributed by atoms with Crippen LogP contribution in [0.15, 0.2) is 97.1 Å². The molecule has 0 unspecified atom stereocenters. The van der Waals surface area contributed by atoms with Gasteiger partial charge in [0.15, 0.2) is 6.10 Å². The molecule has 0 radical (unpaired) electrons. The molecule has 0 bridgehead atoms. The van der Waals surface area contributed by atoms with Crippen LogP contribution in [0.3, 0.4) is 0 Å². The Balaban J connectivity index is 1.80. The topological polar surface area (TPSA) is 29.5 Å². The summed E-state index contributed by atoms with van der Waals surface area (Å²) in [6.45, 7) is 2.04. The van der Waals surface area contributed by atoms with E-state index in [-0.39, 0.29) is 5.91 Å². The predicted molar refractivity (Wildman–Crippen MR) is 123 cm³/mol. The van der Waals surface area contributed by atoms with Gasteiger partial charge in [0, 0.05) is 12.8 Å². The van der Waals surface area contributed by atoms with E-state index >= 15 is 0 Å². The second-order valence-electron chi connectivity index (χ2n) is 7.50. The molecule has 150 valence electrons. The monoisotopic (exact) mass is 395 g/mol. The van der Waals surface area contributed by atoms with Crippen LogP contribution in [0.5, 0.6) is 0 Å². The Labute approximate surface area is 177 Å². The number of nitrogens with zero attached hydrogens (tertiary/aromatic N) is 1. The Morgan fingerprint density at radius 3 is 1.77 bits per heavy atom. The van der Waals surface area contributed by atoms with Gasteiger partial charge in [-0.15, -0.1) is 0 Å². The molecular weight excluding hydrogens is 370 g/mol. The number of aryl methyl sites for hydroxylation is 1. The molecule has 3 aromatic carbocycles. The largest absolute Gasteiger partial charge is 0.368 e. The van der Waals surface area contributed by atoms with Gasteiger partial charge in [0.1, 0.15) is 5.54 Å². The molecule has 1 aliphatic rings. The van der Waals surface area contributed by atoms with E-state index in [9.17, 15) is 4.79 Å². The summed E-state index contributed by atoms with van der Waals surface area (Å²) in [4.78, 5) is 14.9. The summed E-state index contributed by atoms with van der Waals surface area (Å²) >= 11 is 0. The Morgan fingerprint density at radius 1 is 0.800 bits per heavy atom. The zero-order valence-corrected chi connectivity index (χ0v) is 17.2. The van der Waals surface area contributed by atoms with E-state index in [1.54, 1.807) is 7.11 Å². The van der Waals surface area contributed by atoms with Gasteiger partial charge in [0.25, 0.3) is 5.91 Å². The molecule has 0 aliphatic carbocycles. The van der Waals surface area contributed by atoms with E-state index in [4.69, 9.17) is 4.74 Å². The molecule has 1 aliphatic heterocycles. The van der Waals surface area contributed by atoms with Gasteiger partial charge in [-0.3, -0.25) is 9.69 Å². The molecule has 3 aromatic rings. The summed E-state index contributed by atoms with van der Waals surface area (Å²) in [6, 6.07) is 28.2. The molecule has 3 heteroatoms.